The minimum absolute atomic E-state index is 0.0499. The van der Waals surface area contributed by atoms with Crippen LogP contribution < -0.4 is 4.74 Å². The fourth-order valence-corrected chi connectivity index (χ4v) is 2.49. The number of hydrogen-bond donors (Lipinski definition) is 2. The number of rotatable bonds is 6. The van der Waals surface area contributed by atoms with Crippen LogP contribution in [0.15, 0.2) is 18.2 Å². The molecule has 0 saturated carbocycles. The first-order chi connectivity index (χ1) is 12.8. The second-order valence-corrected chi connectivity index (χ2v) is 6.50. The summed E-state index contributed by atoms with van der Waals surface area (Å²) in [6, 6.07) is 5.31. The molecule has 1 aliphatic rings. The maximum absolute atomic E-state index is 11.5. The molecule has 1 aromatic carbocycles. The monoisotopic (exact) mass is 382 g/mol. The predicted molar refractivity (Wildman–Crippen MR) is 99.3 cm³/mol. The Morgan fingerprint density at radius 3 is 2.48 bits per heavy atom. The number of aliphatic hydroxyl groups is 1. The first-order valence-corrected chi connectivity index (χ1v) is 9.25. The van der Waals surface area contributed by atoms with E-state index in [9.17, 15) is 14.7 Å². The smallest absolute Gasteiger partial charge is 0.333 e. The van der Waals surface area contributed by atoms with Crippen molar-refractivity contribution in [2.24, 2.45) is 5.92 Å². The molecule has 3 atom stereocenters. The van der Waals surface area contributed by atoms with Gasteiger partial charge in [0.05, 0.1) is 12.0 Å². The lowest BCUT2D eigenvalue weighted by atomic mass is 10.1. The largest absolute Gasteiger partial charge is 0.479 e. The predicted octanol–water partition coefficient (Wildman–Crippen LogP) is 3.05. The maximum Gasteiger partial charge on any atom is 0.333 e. The van der Waals surface area contributed by atoms with Crippen LogP contribution in [0.2, 0.25) is 0 Å². The lowest BCUT2D eigenvalue weighted by molar-refractivity contribution is -0.195. The Morgan fingerprint density at radius 1 is 1.26 bits per heavy atom. The number of carboxylic acid groups (broad SMARTS) is 1. The van der Waals surface area contributed by atoms with Crippen LogP contribution in [0.25, 0.3) is 0 Å². The zero-order valence-electron chi connectivity index (χ0n) is 16.6. The highest BCUT2D eigenvalue weighted by molar-refractivity contribution is 5.72. The molecule has 0 bridgehead atoms. The molecule has 2 N–H and O–H groups in total. The molecule has 1 heterocycles. The number of aliphatic carboxylic acids is 1. The molecule has 0 aliphatic carbocycles. The number of carboxylic acids is 1. The van der Waals surface area contributed by atoms with E-state index in [1.54, 1.807) is 26.0 Å². The molecule has 7 nitrogen and oxygen atoms in total. The average molecular weight is 382 g/mol. The van der Waals surface area contributed by atoms with Crippen LogP contribution >= 0.6 is 0 Å². The summed E-state index contributed by atoms with van der Waals surface area (Å²) in [6.07, 6.45) is -2.43. The maximum atomic E-state index is 11.5. The summed E-state index contributed by atoms with van der Waals surface area (Å²) >= 11 is 0. The van der Waals surface area contributed by atoms with Crippen molar-refractivity contribution in [3.05, 3.63) is 29.3 Å². The molecule has 27 heavy (non-hydrogen) atoms. The van der Waals surface area contributed by atoms with Gasteiger partial charge in [0, 0.05) is 12.8 Å². The van der Waals surface area contributed by atoms with Crippen molar-refractivity contribution in [1.29, 1.82) is 0 Å². The van der Waals surface area contributed by atoms with Crippen LogP contribution in [0.4, 0.5) is 0 Å². The molecule has 1 aromatic rings. The zero-order chi connectivity index (χ0) is 20.6. The van der Waals surface area contributed by atoms with Crippen LogP contribution in [-0.2, 0) is 25.7 Å². The van der Waals surface area contributed by atoms with Crippen LogP contribution in [0, 0.1) is 12.8 Å². The van der Waals surface area contributed by atoms with Crippen molar-refractivity contribution in [1.82, 2.24) is 0 Å². The highest BCUT2D eigenvalue weighted by atomic mass is 16.7. The summed E-state index contributed by atoms with van der Waals surface area (Å²) < 4.78 is 16.3. The summed E-state index contributed by atoms with van der Waals surface area (Å²) in [4.78, 5) is 22.6. The number of hydrogen-bond acceptors (Lipinski definition) is 6. The fraction of sp³-hybridized carbons (Fsp3) is 0.600. The van der Waals surface area contributed by atoms with Crippen LogP contribution in [0.5, 0.6) is 5.75 Å². The van der Waals surface area contributed by atoms with Gasteiger partial charge < -0.3 is 24.4 Å². The molecule has 0 aromatic heterocycles. The van der Waals surface area contributed by atoms with E-state index in [0.29, 0.717) is 5.75 Å². The Bertz CT molecular complexity index is 627. The Morgan fingerprint density at radius 2 is 1.93 bits per heavy atom. The molecular weight excluding hydrogens is 352 g/mol. The molecule has 1 fully saturated rings. The van der Waals surface area contributed by atoms with Gasteiger partial charge in [-0.1, -0.05) is 33.8 Å². The van der Waals surface area contributed by atoms with Gasteiger partial charge in [-0.25, -0.2) is 4.79 Å². The number of carbonyl (C=O) groups excluding carboxylic acids is 1. The molecule has 3 unspecified atom stereocenters. The average Bonchev–Trinajstić information content (AvgIpc) is 2.62. The van der Waals surface area contributed by atoms with E-state index >= 15 is 0 Å². The molecular formula is C20H30O7. The Labute approximate surface area is 160 Å². The standard InChI is InChI=1S/C18H24O7.C2H6/c1-10(2)18(22)23-9-12-4-5-14(11(3)6-12)24-16-8-13(19)7-15(25-16)17(20)21;1-2/h4-6,10,13,15-16,19H,7-9H2,1-3H3,(H,20,21);1-2H3. The molecule has 152 valence electrons. The molecule has 0 spiro atoms. The first kappa shape index (κ1) is 22.9. The highest BCUT2D eigenvalue weighted by Crippen LogP contribution is 2.26. The van der Waals surface area contributed by atoms with Crippen LogP contribution in [0.3, 0.4) is 0 Å². The summed E-state index contributed by atoms with van der Waals surface area (Å²) in [5.74, 6) is -1.03. The van der Waals surface area contributed by atoms with Gasteiger partial charge in [-0.2, -0.15) is 0 Å². The second kappa shape index (κ2) is 10.9. The topological polar surface area (TPSA) is 102 Å². The quantitative estimate of drug-likeness (QED) is 0.729. The number of aliphatic hydroxyl groups excluding tert-OH is 1. The van der Waals surface area contributed by atoms with E-state index in [1.165, 1.54) is 0 Å². The molecule has 0 radical (unpaired) electrons. The minimum Gasteiger partial charge on any atom is -0.479 e. The van der Waals surface area contributed by atoms with Crippen LogP contribution in [-0.4, -0.2) is 40.6 Å². The van der Waals surface area contributed by atoms with E-state index in [2.05, 4.69) is 0 Å². The van der Waals surface area contributed by atoms with E-state index in [1.807, 2.05) is 26.8 Å². The second-order valence-electron chi connectivity index (χ2n) is 6.50. The summed E-state index contributed by atoms with van der Waals surface area (Å²) in [5, 5.41) is 18.8. The van der Waals surface area contributed by atoms with E-state index in [-0.39, 0.29) is 31.3 Å². The third-order valence-electron chi connectivity index (χ3n) is 3.89. The van der Waals surface area contributed by atoms with Gasteiger partial charge in [0.1, 0.15) is 12.4 Å². The lowest BCUT2D eigenvalue weighted by Gasteiger charge is -2.31. The molecule has 2 rings (SSSR count). The SMILES string of the molecule is CC.Cc1cc(COC(=O)C(C)C)ccc1OC1CC(O)CC(C(=O)O)O1. The van der Waals surface area contributed by atoms with Gasteiger partial charge in [-0.05, 0) is 30.2 Å². The Hall–Kier alpha value is -2.12. The minimum atomic E-state index is -1.12. The molecule has 7 heteroatoms. The van der Waals surface area contributed by atoms with Crippen molar-refractivity contribution in [2.45, 2.75) is 72.6 Å². The molecule has 1 aliphatic heterocycles. The highest BCUT2D eigenvalue weighted by Gasteiger charge is 2.34. The van der Waals surface area contributed by atoms with Crippen molar-refractivity contribution < 1.29 is 34.0 Å². The fourth-order valence-electron chi connectivity index (χ4n) is 2.49. The van der Waals surface area contributed by atoms with Gasteiger partial charge in [-0.15, -0.1) is 0 Å². The number of ether oxygens (including phenoxy) is 3. The number of benzene rings is 1. The summed E-state index contributed by atoms with van der Waals surface area (Å²) in [6.45, 7) is 9.55. The van der Waals surface area contributed by atoms with Gasteiger partial charge in [-0.3, -0.25) is 4.79 Å². The summed E-state index contributed by atoms with van der Waals surface area (Å²) in [5.41, 5.74) is 1.63. The third kappa shape index (κ3) is 7.19. The van der Waals surface area contributed by atoms with E-state index in [0.717, 1.165) is 11.1 Å². The van der Waals surface area contributed by atoms with Crippen molar-refractivity contribution in [2.75, 3.05) is 0 Å². The van der Waals surface area contributed by atoms with Crippen molar-refractivity contribution in [3.8, 4) is 5.75 Å². The summed E-state index contributed by atoms with van der Waals surface area (Å²) in [7, 11) is 0. The van der Waals surface area contributed by atoms with E-state index < -0.39 is 24.5 Å². The Kier molecular flexibility index (Phi) is 9.25. The van der Waals surface area contributed by atoms with Crippen molar-refractivity contribution in [3.63, 3.8) is 0 Å². The van der Waals surface area contributed by atoms with Gasteiger partial charge >= 0.3 is 11.9 Å². The Balaban J connectivity index is 0.00000176. The van der Waals surface area contributed by atoms with Gasteiger partial charge in [0.2, 0.25) is 6.29 Å². The van der Waals surface area contributed by atoms with Crippen molar-refractivity contribution >= 4 is 11.9 Å². The molecule has 1 saturated heterocycles. The first-order valence-electron chi connectivity index (χ1n) is 9.25. The van der Waals surface area contributed by atoms with E-state index in [4.69, 9.17) is 19.3 Å². The third-order valence-corrected chi connectivity index (χ3v) is 3.89. The van der Waals surface area contributed by atoms with Gasteiger partial charge in [0.25, 0.3) is 0 Å². The lowest BCUT2D eigenvalue weighted by Crippen LogP contribution is -2.42. The normalized spacial score (nSPS) is 21.8. The number of carbonyl (C=O) groups is 2. The van der Waals surface area contributed by atoms with Crippen LogP contribution in [0.1, 0.15) is 51.7 Å². The number of esters is 1. The molecule has 0 amide bonds. The van der Waals surface area contributed by atoms with Gasteiger partial charge in [0.15, 0.2) is 6.10 Å². The zero-order valence-corrected chi connectivity index (χ0v) is 16.6. The number of aryl methyl sites for hydroxylation is 1.